The van der Waals surface area contributed by atoms with Gasteiger partial charge in [0.15, 0.2) is 0 Å². The standard InChI is InChI=1S/C17H25N5O2/c1-12(23)19-7-8-22-11-15-14(17(22)24)4-5-16(21-15)20-10-13-3-2-6-18-9-13/h4-5,13,18H,2-3,6-11H2,1H3,(H,19,23)(H,20,21)/t13-/m0/s1. The van der Waals surface area contributed by atoms with E-state index in [0.29, 0.717) is 31.1 Å². The Bertz CT molecular complexity index is 613. The zero-order valence-electron chi connectivity index (χ0n) is 14.1. The summed E-state index contributed by atoms with van der Waals surface area (Å²) in [5.74, 6) is 1.37. The average Bonchev–Trinajstić information content (AvgIpc) is 2.89. The van der Waals surface area contributed by atoms with E-state index in [9.17, 15) is 9.59 Å². The molecule has 0 aromatic carbocycles. The van der Waals surface area contributed by atoms with Crippen LogP contribution in [0.25, 0.3) is 0 Å². The molecular weight excluding hydrogens is 306 g/mol. The van der Waals surface area contributed by atoms with Gasteiger partial charge in [-0.2, -0.15) is 0 Å². The molecule has 7 nitrogen and oxygen atoms in total. The Kier molecular flexibility index (Phi) is 5.30. The third-order valence-electron chi connectivity index (χ3n) is 4.56. The van der Waals surface area contributed by atoms with Crippen molar-refractivity contribution in [3.8, 4) is 0 Å². The lowest BCUT2D eigenvalue weighted by Gasteiger charge is -2.23. The zero-order valence-corrected chi connectivity index (χ0v) is 14.1. The van der Waals surface area contributed by atoms with Gasteiger partial charge >= 0.3 is 0 Å². The van der Waals surface area contributed by atoms with Crippen molar-refractivity contribution in [2.75, 3.05) is 38.0 Å². The van der Waals surface area contributed by atoms with E-state index in [0.717, 1.165) is 31.1 Å². The van der Waals surface area contributed by atoms with Crippen LogP contribution in [0.5, 0.6) is 0 Å². The molecule has 1 aromatic rings. The summed E-state index contributed by atoms with van der Waals surface area (Å²) in [6, 6.07) is 3.73. The number of fused-ring (bicyclic) bond motifs is 1. The van der Waals surface area contributed by atoms with Gasteiger partial charge in [0.2, 0.25) is 5.91 Å². The summed E-state index contributed by atoms with van der Waals surface area (Å²) in [5, 5.41) is 9.52. The van der Waals surface area contributed by atoms with Gasteiger partial charge in [0, 0.05) is 26.6 Å². The van der Waals surface area contributed by atoms with Gasteiger partial charge in [0.25, 0.3) is 5.91 Å². The lowest BCUT2D eigenvalue weighted by molar-refractivity contribution is -0.119. The minimum atomic E-state index is -0.0824. The number of pyridine rings is 1. The Hall–Kier alpha value is -2.15. The van der Waals surface area contributed by atoms with Crippen LogP contribution in [0.15, 0.2) is 12.1 Å². The predicted molar refractivity (Wildman–Crippen MR) is 91.7 cm³/mol. The monoisotopic (exact) mass is 331 g/mol. The van der Waals surface area contributed by atoms with Gasteiger partial charge in [0.05, 0.1) is 17.8 Å². The van der Waals surface area contributed by atoms with Crippen molar-refractivity contribution in [2.45, 2.75) is 26.3 Å². The predicted octanol–water partition coefficient (Wildman–Crippen LogP) is 0.585. The van der Waals surface area contributed by atoms with Gasteiger partial charge in [-0.25, -0.2) is 4.98 Å². The van der Waals surface area contributed by atoms with Crippen LogP contribution in [0, 0.1) is 5.92 Å². The highest BCUT2D eigenvalue weighted by atomic mass is 16.2. The van der Waals surface area contributed by atoms with Crippen LogP contribution in [0.3, 0.4) is 0 Å². The quantitative estimate of drug-likeness (QED) is 0.710. The smallest absolute Gasteiger partial charge is 0.256 e. The van der Waals surface area contributed by atoms with Gasteiger partial charge in [-0.05, 0) is 44.0 Å². The molecule has 1 atom stereocenters. The van der Waals surface area contributed by atoms with Crippen molar-refractivity contribution in [1.82, 2.24) is 20.5 Å². The molecule has 1 fully saturated rings. The van der Waals surface area contributed by atoms with Crippen LogP contribution < -0.4 is 16.0 Å². The van der Waals surface area contributed by atoms with Gasteiger partial charge in [0.1, 0.15) is 5.82 Å². The second-order valence-corrected chi connectivity index (χ2v) is 6.49. The number of nitrogens with zero attached hydrogens (tertiary/aromatic N) is 2. The molecule has 3 rings (SSSR count). The van der Waals surface area contributed by atoms with Crippen molar-refractivity contribution >= 4 is 17.6 Å². The third-order valence-corrected chi connectivity index (χ3v) is 4.56. The summed E-state index contributed by atoms with van der Waals surface area (Å²) in [4.78, 5) is 29.6. The second kappa shape index (κ2) is 7.61. The molecule has 3 heterocycles. The first kappa shape index (κ1) is 16.7. The number of hydrogen-bond donors (Lipinski definition) is 3. The number of rotatable bonds is 6. The van der Waals surface area contributed by atoms with Gasteiger partial charge < -0.3 is 20.9 Å². The summed E-state index contributed by atoms with van der Waals surface area (Å²) < 4.78 is 0. The van der Waals surface area contributed by atoms with Gasteiger partial charge in [-0.1, -0.05) is 0 Å². The Morgan fingerprint density at radius 2 is 2.33 bits per heavy atom. The highest BCUT2D eigenvalue weighted by Gasteiger charge is 2.28. The number of amides is 2. The maximum atomic E-state index is 12.3. The molecule has 0 unspecified atom stereocenters. The van der Waals surface area contributed by atoms with E-state index in [2.05, 4.69) is 20.9 Å². The molecule has 24 heavy (non-hydrogen) atoms. The molecule has 2 amide bonds. The van der Waals surface area contributed by atoms with Crippen molar-refractivity contribution in [3.05, 3.63) is 23.4 Å². The first-order valence-electron chi connectivity index (χ1n) is 8.61. The normalized spacial score (nSPS) is 20.0. The van der Waals surface area contributed by atoms with E-state index in [-0.39, 0.29) is 11.8 Å². The van der Waals surface area contributed by atoms with Crippen molar-refractivity contribution < 1.29 is 9.59 Å². The fourth-order valence-electron chi connectivity index (χ4n) is 3.23. The van der Waals surface area contributed by atoms with Crippen molar-refractivity contribution in [2.24, 2.45) is 5.92 Å². The first-order valence-corrected chi connectivity index (χ1v) is 8.61. The van der Waals surface area contributed by atoms with E-state index in [1.54, 1.807) is 4.90 Å². The molecule has 2 aliphatic heterocycles. The number of nitrogens with one attached hydrogen (secondary N) is 3. The molecule has 1 saturated heterocycles. The van der Waals surface area contributed by atoms with E-state index >= 15 is 0 Å². The Morgan fingerprint density at radius 3 is 3.08 bits per heavy atom. The molecule has 130 valence electrons. The molecule has 0 spiro atoms. The van der Waals surface area contributed by atoms with E-state index in [4.69, 9.17) is 0 Å². The Balaban J connectivity index is 1.55. The van der Waals surface area contributed by atoms with Crippen LogP contribution in [-0.2, 0) is 11.3 Å². The number of hydrogen-bond acceptors (Lipinski definition) is 5. The third kappa shape index (κ3) is 4.03. The summed E-state index contributed by atoms with van der Waals surface area (Å²) in [6.45, 7) is 6.02. The summed E-state index contributed by atoms with van der Waals surface area (Å²) in [6.07, 6.45) is 2.46. The molecule has 2 aliphatic rings. The summed E-state index contributed by atoms with van der Waals surface area (Å²) in [7, 11) is 0. The largest absolute Gasteiger partial charge is 0.370 e. The zero-order chi connectivity index (χ0) is 16.9. The summed E-state index contributed by atoms with van der Waals surface area (Å²) >= 11 is 0. The maximum absolute atomic E-state index is 12.3. The van der Waals surface area contributed by atoms with Crippen molar-refractivity contribution in [3.63, 3.8) is 0 Å². The maximum Gasteiger partial charge on any atom is 0.256 e. The number of carbonyl (C=O) groups is 2. The van der Waals surface area contributed by atoms with Crippen molar-refractivity contribution in [1.29, 1.82) is 0 Å². The van der Waals surface area contributed by atoms with E-state index in [1.807, 2.05) is 12.1 Å². The number of aromatic nitrogens is 1. The fraction of sp³-hybridized carbons (Fsp3) is 0.588. The summed E-state index contributed by atoms with van der Waals surface area (Å²) in [5.41, 5.74) is 1.48. The lowest BCUT2D eigenvalue weighted by atomic mass is 10.00. The molecule has 0 saturated carbocycles. The first-order chi connectivity index (χ1) is 11.6. The molecule has 0 radical (unpaired) electrons. The number of anilines is 1. The Morgan fingerprint density at radius 1 is 1.46 bits per heavy atom. The van der Waals surface area contributed by atoms with Crippen LogP contribution in [0.4, 0.5) is 5.82 Å². The minimum Gasteiger partial charge on any atom is -0.370 e. The fourth-order valence-corrected chi connectivity index (χ4v) is 3.23. The van der Waals surface area contributed by atoms with E-state index < -0.39 is 0 Å². The highest BCUT2D eigenvalue weighted by Crippen LogP contribution is 2.22. The van der Waals surface area contributed by atoms with Crippen LogP contribution in [-0.4, -0.2) is 54.4 Å². The van der Waals surface area contributed by atoms with Crippen LogP contribution in [0.2, 0.25) is 0 Å². The van der Waals surface area contributed by atoms with E-state index in [1.165, 1.54) is 19.8 Å². The lowest BCUT2D eigenvalue weighted by Crippen LogP contribution is -2.34. The Labute approximate surface area is 142 Å². The molecule has 7 heteroatoms. The molecule has 0 aliphatic carbocycles. The topological polar surface area (TPSA) is 86.4 Å². The van der Waals surface area contributed by atoms with Gasteiger partial charge in [-0.15, -0.1) is 0 Å². The molecule has 3 N–H and O–H groups in total. The number of piperidine rings is 1. The second-order valence-electron chi connectivity index (χ2n) is 6.49. The molecule has 1 aromatic heterocycles. The van der Waals surface area contributed by atoms with Crippen LogP contribution >= 0.6 is 0 Å². The van der Waals surface area contributed by atoms with Gasteiger partial charge in [-0.3, -0.25) is 9.59 Å². The number of carbonyl (C=O) groups excluding carboxylic acids is 2. The average molecular weight is 331 g/mol. The molecular formula is C17H25N5O2. The SMILES string of the molecule is CC(=O)NCCN1Cc2nc(NC[C@H]3CCCNC3)ccc2C1=O. The highest BCUT2D eigenvalue weighted by molar-refractivity contribution is 5.98. The van der Waals surface area contributed by atoms with Crippen LogP contribution in [0.1, 0.15) is 35.8 Å². The minimum absolute atomic E-state index is 0.00844. The molecule has 0 bridgehead atoms.